The molecule has 2 nitrogen and oxygen atoms in total. The van der Waals surface area contributed by atoms with Gasteiger partial charge in [0.1, 0.15) is 5.76 Å². The van der Waals surface area contributed by atoms with E-state index in [1.165, 1.54) is 30.0 Å². The van der Waals surface area contributed by atoms with Crippen LogP contribution in [0.4, 0.5) is 13.2 Å². The Hall–Kier alpha value is -1.69. The minimum Gasteiger partial charge on any atom is -0.453 e. The van der Waals surface area contributed by atoms with Gasteiger partial charge in [-0.2, -0.15) is 13.2 Å². The summed E-state index contributed by atoms with van der Waals surface area (Å²) in [4.78, 5) is 11.0. The second-order valence-corrected chi connectivity index (χ2v) is 4.61. The molecule has 0 unspecified atom stereocenters. The lowest BCUT2D eigenvalue weighted by Crippen LogP contribution is -2.07. The zero-order valence-electron chi connectivity index (χ0n) is 9.82. The Labute approximate surface area is 111 Å². The number of benzene rings is 1. The SMILES string of the molecule is CSc1ccc(-c2ccc(C=O)o2)c(C(F)(F)F)c1. The molecular weight excluding hydrogens is 277 g/mol. The summed E-state index contributed by atoms with van der Waals surface area (Å²) in [5.41, 5.74) is -0.843. The molecule has 0 aliphatic heterocycles. The number of furan rings is 1. The van der Waals surface area contributed by atoms with Gasteiger partial charge in [0.25, 0.3) is 0 Å². The molecule has 0 spiro atoms. The Morgan fingerprint density at radius 3 is 2.47 bits per heavy atom. The lowest BCUT2D eigenvalue weighted by Gasteiger charge is -2.12. The van der Waals surface area contributed by atoms with Crippen molar-refractivity contribution in [2.24, 2.45) is 0 Å². The molecule has 0 N–H and O–H groups in total. The Balaban J connectivity index is 2.58. The van der Waals surface area contributed by atoms with Gasteiger partial charge in [-0.1, -0.05) is 0 Å². The fourth-order valence-electron chi connectivity index (χ4n) is 1.66. The van der Waals surface area contributed by atoms with Gasteiger partial charge < -0.3 is 4.42 Å². The number of hydrogen-bond donors (Lipinski definition) is 0. The summed E-state index contributed by atoms with van der Waals surface area (Å²) >= 11 is 1.23. The van der Waals surface area contributed by atoms with Crippen molar-refractivity contribution in [2.45, 2.75) is 11.1 Å². The minimum absolute atomic E-state index is 0.00272. The number of halogens is 3. The summed E-state index contributed by atoms with van der Waals surface area (Å²) in [6, 6.07) is 6.70. The third-order valence-corrected chi connectivity index (χ3v) is 3.27. The molecule has 0 atom stereocenters. The molecule has 0 fully saturated rings. The maximum absolute atomic E-state index is 13.0. The third-order valence-electron chi connectivity index (χ3n) is 2.54. The Kier molecular flexibility index (Phi) is 3.71. The van der Waals surface area contributed by atoms with E-state index >= 15 is 0 Å². The van der Waals surface area contributed by atoms with E-state index in [-0.39, 0.29) is 17.1 Å². The Morgan fingerprint density at radius 1 is 1.21 bits per heavy atom. The molecule has 0 saturated heterocycles. The van der Waals surface area contributed by atoms with Crippen molar-refractivity contribution >= 4 is 18.0 Å². The van der Waals surface area contributed by atoms with E-state index in [0.717, 1.165) is 6.07 Å². The molecule has 0 bridgehead atoms. The first kappa shape index (κ1) is 13.7. The van der Waals surface area contributed by atoms with Gasteiger partial charge in [-0.05, 0) is 36.6 Å². The van der Waals surface area contributed by atoms with Gasteiger partial charge in [0.2, 0.25) is 0 Å². The van der Waals surface area contributed by atoms with Gasteiger partial charge >= 0.3 is 6.18 Å². The predicted octanol–water partition coefficient (Wildman–Crippen LogP) is 4.50. The van der Waals surface area contributed by atoms with Gasteiger partial charge in [0, 0.05) is 10.5 Å². The van der Waals surface area contributed by atoms with E-state index in [0.29, 0.717) is 11.2 Å². The van der Waals surface area contributed by atoms with Crippen molar-refractivity contribution in [3.63, 3.8) is 0 Å². The third kappa shape index (κ3) is 2.84. The zero-order valence-corrected chi connectivity index (χ0v) is 10.6. The summed E-state index contributed by atoms with van der Waals surface area (Å²) in [6.45, 7) is 0. The quantitative estimate of drug-likeness (QED) is 0.614. The molecule has 0 radical (unpaired) electrons. The van der Waals surface area contributed by atoms with Crippen LogP contribution in [0.5, 0.6) is 0 Å². The first-order chi connectivity index (χ1) is 8.95. The van der Waals surface area contributed by atoms with Gasteiger partial charge in [-0.3, -0.25) is 4.79 Å². The minimum atomic E-state index is -4.48. The number of carbonyl (C=O) groups is 1. The van der Waals surface area contributed by atoms with Crippen LogP contribution in [-0.4, -0.2) is 12.5 Å². The summed E-state index contributed by atoms with van der Waals surface area (Å²) in [5.74, 6) is 0.0270. The number of aldehydes is 1. The first-order valence-corrected chi connectivity index (χ1v) is 6.49. The smallest absolute Gasteiger partial charge is 0.417 e. The molecular formula is C13H9F3O2S. The van der Waals surface area contributed by atoms with Crippen LogP contribution in [0.1, 0.15) is 16.1 Å². The van der Waals surface area contributed by atoms with Crippen LogP contribution in [0.25, 0.3) is 11.3 Å². The standard InChI is InChI=1S/C13H9F3O2S/c1-19-9-3-4-10(11(6-9)13(14,15)16)12-5-2-8(7-17)18-12/h2-7H,1H3. The Morgan fingerprint density at radius 2 is 1.95 bits per heavy atom. The largest absolute Gasteiger partial charge is 0.453 e. The van der Waals surface area contributed by atoms with Crippen molar-refractivity contribution in [1.29, 1.82) is 0 Å². The van der Waals surface area contributed by atoms with Crippen LogP contribution in [0.3, 0.4) is 0 Å². The number of carbonyl (C=O) groups excluding carboxylic acids is 1. The molecule has 0 saturated carbocycles. The molecule has 1 heterocycles. The molecule has 1 aromatic heterocycles. The maximum Gasteiger partial charge on any atom is 0.417 e. The number of hydrogen-bond acceptors (Lipinski definition) is 3. The van der Waals surface area contributed by atoms with Crippen LogP contribution < -0.4 is 0 Å². The van der Waals surface area contributed by atoms with Crippen molar-refractivity contribution in [2.75, 3.05) is 6.26 Å². The zero-order chi connectivity index (χ0) is 14.0. The van der Waals surface area contributed by atoms with Crippen LogP contribution in [-0.2, 0) is 6.18 Å². The molecule has 6 heteroatoms. The van der Waals surface area contributed by atoms with Crippen molar-refractivity contribution in [1.82, 2.24) is 0 Å². The highest BCUT2D eigenvalue weighted by Crippen LogP contribution is 2.39. The normalized spacial score (nSPS) is 11.6. The molecule has 2 rings (SSSR count). The second kappa shape index (κ2) is 5.13. The molecule has 0 aliphatic carbocycles. The summed E-state index contributed by atoms with van der Waals surface area (Å²) in [5, 5.41) is 0. The average molecular weight is 286 g/mol. The van der Waals surface area contributed by atoms with Crippen molar-refractivity contribution in [3.8, 4) is 11.3 Å². The van der Waals surface area contributed by atoms with Crippen LogP contribution in [0, 0.1) is 0 Å². The summed E-state index contributed by atoms with van der Waals surface area (Å²) in [7, 11) is 0. The van der Waals surface area contributed by atoms with E-state index in [2.05, 4.69) is 0 Å². The molecule has 1 aromatic carbocycles. The van der Waals surface area contributed by atoms with Gasteiger partial charge in [0.15, 0.2) is 12.0 Å². The monoisotopic (exact) mass is 286 g/mol. The predicted molar refractivity (Wildman–Crippen MR) is 66.3 cm³/mol. The lowest BCUT2D eigenvalue weighted by atomic mass is 10.1. The second-order valence-electron chi connectivity index (χ2n) is 3.73. The summed E-state index contributed by atoms with van der Waals surface area (Å²) < 4.78 is 44.1. The van der Waals surface area contributed by atoms with Gasteiger partial charge in [-0.15, -0.1) is 11.8 Å². The molecule has 100 valence electrons. The van der Waals surface area contributed by atoms with Crippen molar-refractivity contribution in [3.05, 3.63) is 41.7 Å². The first-order valence-electron chi connectivity index (χ1n) is 5.26. The molecule has 2 aromatic rings. The van der Waals surface area contributed by atoms with Crippen LogP contribution in [0.15, 0.2) is 39.6 Å². The van der Waals surface area contributed by atoms with Crippen molar-refractivity contribution < 1.29 is 22.4 Å². The fourth-order valence-corrected chi connectivity index (χ4v) is 2.10. The highest BCUT2D eigenvalue weighted by molar-refractivity contribution is 7.98. The van der Waals surface area contributed by atoms with E-state index in [4.69, 9.17) is 4.42 Å². The van der Waals surface area contributed by atoms with Crippen LogP contribution in [0.2, 0.25) is 0 Å². The maximum atomic E-state index is 13.0. The van der Waals surface area contributed by atoms with E-state index < -0.39 is 11.7 Å². The average Bonchev–Trinajstić information content (AvgIpc) is 2.85. The van der Waals surface area contributed by atoms with E-state index in [1.54, 1.807) is 12.3 Å². The van der Waals surface area contributed by atoms with E-state index in [1.807, 2.05) is 0 Å². The lowest BCUT2D eigenvalue weighted by molar-refractivity contribution is -0.137. The Bertz CT molecular complexity index is 602. The summed E-state index contributed by atoms with van der Waals surface area (Å²) in [6.07, 6.45) is -2.32. The highest BCUT2D eigenvalue weighted by Gasteiger charge is 2.34. The molecule has 0 aliphatic rings. The van der Waals surface area contributed by atoms with Crippen LogP contribution >= 0.6 is 11.8 Å². The number of alkyl halides is 3. The topological polar surface area (TPSA) is 30.2 Å². The fraction of sp³-hybridized carbons (Fsp3) is 0.154. The number of rotatable bonds is 3. The number of thioether (sulfide) groups is 1. The van der Waals surface area contributed by atoms with Gasteiger partial charge in [0.05, 0.1) is 5.56 Å². The highest BCUT2D eigenvalue weighted by atomic mass is 32.2. The molecule has 19 heavy (non-hydrogen) atoms. The van der Waals surface area contributed by atoms with E-state index in [9.17, 15) is 18.0 Å². The molecule has 0 amide bonds. The van der Waals surface area contributed by atoms with Gasteiger partial charge in [-0.25, -0.2) is 0 Å².